The Labute approximate surface area is 131 Å². The second-order valence-electron chi connectivity index (χ2n) is 5.27. The molecule has 1 rings (SSSR count). The van der Waals surface area contributed by atoms with E-state index in [9.17, 15) is 9.59 Å². The number of carbonyl (C=O) groups is 2. The zero-order valence-electron chi connectivity index (χ0n) is 13.1. The molecule has 0 spiro atoms. The van der Waals surface area contributed by atoms with Crippen molar-refractivity contribution in [2.24, 2.45) is 0 Å². The number of rotatable bonds is 10. The zero-order chi connectivity index (χ0) is 16.2. The van der Waals surface area contributed by atoms with Gasteiger partial charge in [0.05, 0.1) is 0 Å². The minimum atomic E-state index is -0.743. The standard InChI is InChI=1S/C17H25NO4/c1-2-15(12-8-3-4-9-13-16(19)20)22-17(21)18-14-10-6-5-7-11-14/h5-7,10-11,15H,2-4,8-9,12-13H2,1H3,(H,18,21)(H,19,20)/t15-/m0/s1. The van der Waals surface area contributed by atoms with Gasteiger partial charge >= 0.3 is 12.1 Å². The molecule has 5 nitrogen and oxygen atoms in total. The molecular formula is C17H25NO4. The molecule has 0 aliphatic rings. The Balaban J connectivity index is 2.18. The highest BCUT2D eigenvalue weighted by Gasteiger charge is 2.12. The number of anilines is 1. The molecule has 0 bridgehead atoms. The van der Waals surface area contributed by atoms with Gasteiger partial charge in [-0.1, -0.05) is 38.0 Å². The molecule has 5 heteroatoms. The SMILES string of the molecule is CC[C@@H](CCCCCCC(=O)O)OC(=O)Nc1ccccc1. The maximum Gasteiger partial charge on any atom is 0.411 e. The van der Waals surface area contributed by atoms with Crippen molar-refractivity contribution in [3.63, 3.8) is 0 Å². The Morgan fingerprint density at radius 1 is 1.14 bits per heavy atom. The average molecular weight is 307 g/mol. The number of para-hydroxylation sites is 1. The summed E-state index contributed by atoms with van der Waals surface area (Å²) in [6, 6.07) is 9.21. The smallest absolute Gasteiger partial charge is 0.411 e. The number of carboxylic acids is 1. The fraction of sp³-hybridized carbons (Fsp3) is 0.529. The van der Waals surface area contributed by atoms with Gasteiger partial charge in [0.25, 0.3) is 0 Å². The lowest BCUT2D eigenvalue weighted by atomic mass is 10.1. The summed E-state index contributed by atoms with van der Waals surface area (Å²) >= 11 is 0. The molecule has 1 aromatic rings. The molecule has 0 aliphatic carbocycles. The Morgan fingerprint density at radius 3 is 2.45 bits per heavy atom. The van der Waals surface area contributed by atoms with Crippen LogP contribution in [0.1, 0.15) is 51.9 Å². The quantitative estimate of drug-likeness (QED) is 0.627. The van der Waals surface area contributed by atoms with E-state index in [0.29, 0.717) is 6.42 Å². The first-order valence-corrected chi connectivity index (χ1v) is 7.86. The third-order valence-corrected chi connectivity index (χ3v) is 3.42. The second kappa shape index (κ2) is 10.7. The first-order valence-electron chi connectivity index (χ1n) is 7.86. The van der Waals surface area contributed by atoms with Crippen molar-refractivity contribution in [1.82, 2.24) is 0 Å². The van der Waals surface area contributed by atoms with Crippen LogP contribution in [0, 0.1) is 0 Å². The molecule has 0 saturated heterocycles. The molecule has 0 radical (unpaired) electrons. The van der Waals surface area contributed by atoms with Crippen LogP contribution in [0.2, 0.25) is 0 Å². The van der Waals surface area contributed by atoms with E-state index in [-0.39, 0.29) is 12.5 Å². The van der Waals surface area contributed by atoms with Gasteiger partial charge < -0.3 is 9.84 Å². The van der Waals surface area contributed by atoms with E-state index in [1.54, 1.807) is 0 Å². The maximum absolute atomic E-state index is 11.8. The summed E-state index contributed by atoms with van der Waals surface area (Å²) in [6.45, 7) is 1.99. The van der Waals surface area contributed by atoms with Crippen LogP contribution in [0.15, 0.2) is 30.3 Å². The second-order valence-corrected chi connectivity index (χ2v) is 5.27. The molecule has 0 aromatic heterocycles. The summed E-state index contributed by atoms with van der Waals surface area (Å²) in [4.78, 5) is 22.2. The zero-order valence-corrected chi connectivity index (χ0v) is 13.1. The van der Waals surface area contributed by atoms with Gasteiger partial charge in [0.2, 0.25) is 0 Å². The number of amides is 1. The van der Waals surface area contributed by atoms with E-state index in [4.69, 9.17) is 9.84 Å². The number of hydrogen-bond donors (Lipinski definition) is 2. The normalized spacial score (nSPS) is 11.7. The molecule has 1 atom stereocenters. The highest BCUT2D eigenvalue weighted by atomic mass is 16.6. The molecule has 22 heavy (non-hydrogen) atoms. The lowest BCUT2D eigenvalue weighted by molar-refractivity contribution is -0.137. The van der Waals surface area contributed by atoms with Gasteiger partial charge in [-0.25, -0.2) is 4.79 Å². The van der Waals surface area contributed by atoms with Crippen LogP contribution in [0.3, 0.4) is 0 Å². The van der Waals surface area contributed by atoms with E-state index in [1.165, 1.54) is 0 Å². The summed E-state index contributed by atoms with van der Waals surface area (Å²) in [7, 11) is 0. The van der Waals surface area contributed by atoms with E-state index in [0.717, 1.165) is 37.8 Å². The van der Waals surface area contributed by atoms with Crippen LogP contribution in [-0.4, -0.2) is 23.3 Å². The van der Waals surface area contributed by atoms with Gasteiger partial charge in [0.1, 0.15) is 6.10 Å². The number of aliphatic carboxylic acids is 1. The van der Waals surface area contributed by atoms with Crippen LogP contribution in [0.25, 0.3) is 0 Å². The number of hydrogen-bond acceptors (Lipinski definition) is 3. The molecular weight excluding hydrogens is 282 g/mol. The number of benzene rings is 1. The van der Waals surface area contributed by atoms with Gasteiger partial charge in [0, 0.05) is 12.1 Å². The van der Waals surface area contributed by atoms with Crippen LogP contribution in [-0.2, 0) is 9.53 Å². The molecule has 0 heterocycles. The number of nitrogens with one attached hydrogen (secondary N) is 1. The van der Waals surface area contributed by atoms with Gasteiger partial charge in [-0.15, -0.1) is 0 Å². The molecule has 122 valence electrons. The summed E-state index contributed by atoms with van der Waals surface area (Å²) < 4.78 is 5.40. The maximum atomic E-state index is 11.8. The van der Waals surface area contributed by atoms with E-state index in [1.807, 2.05) is 37.3 Å². The first kappa shape index (κ1) is 18.0. The Bertz CT molecular complexity index is 447. The number of carbonyl (C=O) groups excluding carboxylic acids is 1. The summed E-state index contributed by atoms with van der Waals surface area (Å²) in [5, 5.41) is 11.3. The fourth-order valence-electron chi connectivity index (χ4n) is 2.17. The number of unbranched alkanes of at least 4 members (excludes halogenated alkanes) is 3. The monoisotopic (exact) mass is 307 g/mol. The van der Waals surface area contributed by atoms with Crippen molar-refractivity contribution in [1.29, 1.82) is 0 Å². The Hall–Kier alpha value is -2.04. The van der Waals surface area contributed by atoms with E-state index >= 15 is 0 Å². The lowest BCUT2D eigenvalue weighted by Crippen LogP contribution is -2.22. The van der Waals surface area contributed by atoms with E-state index < -0.39 is 12.1 Å². The molecule has 2 N–H and O–H groups in total. The molecule has 0 saturated carbocycles. The third kappa shape index (κ3) is 8.29. The minimum absolute atomic E-state index is 0.0943. The molecule has 0 fully saturated rings. The number of ether oxygens (including phenoxy) is 1. The van der Waals surface area contributed by atoms with Crippen molar-refractivity contribution < 1.29 is 19.4 Å². The predicted molar refractivity (Wildman–Crippen MR) is 86.0 cm³/mol. The molecule has 1 amide bonds. The van der Waals surface area contributed by atoms with Gasteiger partial charge in [-0.3, -0.25) is 10.1 Å². The van der Waals surface area contributed by atoms with E-state index in [2.05, 4.69) is 5.32 Å². The third-order valence-electron chi connectivity index (χ3n) is 3.42. The van der Waals surface area contributed by atoms with Crippen molar-refractivity contribution in [2.75, 3.05) is 5.32 Å². The van der Waals surface area contributed by atoms with Crippen molar-refractivity contribution in [2.45, 2.75) is 58.0 Å². The van der Waals surface area contributed by atoms with Gasteiger partial charge in [-0.05, 0) is 37.8 Å². The van der Waals surface area contributed by atoms with Crippen molar-refractivity contribution >= 4 is 17.7 Å². The fourth-order valence-corrected chi connectivity index (χ4v) is 2.17. The summed E-state index contributed by atoms with van der Waals surface area (Å²) in [6.07, 6.45) is 4.81. The average Bonchev–Trinajstić information content (AvgIpc) is 2.50. The summed E-state index contributed by atoms with van der Waals surface area (Å²) in [5.74, 6) is -0.743. The van der Waals surface area contributed by atoms with Crippen LogP contribution in [0.4, 0.5) is 10.5 Å². The lowest BCUT2D eigenvalue weighted by Gasteiger charge is -2.16. The molecule has 0 aliphatic heterocycles. The topological polar surface area (TPSA) is 75.6 Å². The first-order chi connectivity index (χ1) is 10.6. The largest absolute Gasteiger partial charge is 0.481 e. The highest BCUT2D eigenvalue weighted by Crippen LogP contribution is 2.13. The van der Waals surface area contributed by atoms with Gasteiger partial charge in [0.15, 0.2) is 0 Å². The predicted octanol–water partition coefficient (Wildman–Crippen LogP) is 4.44. The molecule has 1 aromatic carbocycles. The Kier molecular flexibility index (Phi) is 8.72. The molecule has 0 unspecified atom stereocenters. The van der Waals surface area contributed by atoms with Crippen LogP contribution < -0.4 is 5.32 Å². The summed E-state index contributed by atoms with van der Waals surface area (Å²) in [5.41, 5.74) is 0.719. The minimum Gasteiger partial charge on any atom is -0.481 e. The van der Waals surface area contributed by atoms with Gasteiger partial charge in [-0.2, -0.15) is 0 Å². The van der Waals surface area contributed by atoms with Crippen LogP contribution in [0.5, 0.6) is 0 Å². The Morgan fingerprint density at radius 2 is 1.82 bits per heavy atom. The van der Waals surface area contributed by atoms with Crippen LogP contribution >= 0.6 is 0 Å². The van der Waals surface area contributed by atoms with Crippen molar-refractivity contribution in [3.05, 3.63) is 30.3 Å². The number of carboxylic acid groups (broad SMARTS) is 1. The van der Waals surface area contributed by atoms with Crippen molar-refractivity contribution in [3.8, 4) is 0 Å². The highest BCUT2D eigenvalue weighted by molar-refractivity contribution is 5.84.